The normalized spacial score (nSPS) is 17.9. The van der Waals surface area contributed by atoms with Crippen LogP contribution in [-0.4, -0.2) is 10.9 Å². The van der Waals surface area contributed by atoms with Crippen LogP contribution in [0.4, 0.5) is 5.13 Å². The fourth-order valence-corrected chi connectivity index (χ4v) is 5.07. The summed E-state index contributed by atoms with van der Waals surface area (Å²) in [6, 6.07) is 6.72. The molecule has 25 heavy (non-hydrogen) atoms. The fraction of sp³-hybridized carbons (Fsp3) is 0.524. The lowest BCUT2D eigenvalue weighted by atomic mass is 9.87. The van der Waals surface area contributed by atoms with Crippen molar-refractivity contribution in [2.24, 2.45) is 5.92 Å². The first-order chi connectivity index (χ1) is 12.3. The van der Waals surface area contributed by atoms with E-state index in [-0.39, 0.29) is 11.8 Å². The Kier molecular flexibility index (Phi) is 5.16. The Hall–Kier alpha value is -1.68. The maximum absolute atomic E-state index is 12.4. The molecule has 0 saturated heterocycles. The molecule has 3 nitrogen and oxygen atoms in total. The molecule has 1 heterocycles. The van der Waals surface area contributed by atoms with Crippen LogP contribution in [0.2, 0.25) is 0 Å². The molecule has 1 amide bonds. The zero-order valence-corrected chi connectivity index (χ0v) is 15.5. The molecule has 0 bridgehead atoms. The van der Waals surface area contributed by atoms with Gasteiger partial charge in [0.2, 0.25) is 5.91 Å². The average Bonchev–Trinajstić information content (AvgIpc) is 3.09. The number of nitrogens with one attached hydrogen (secondary N) is 1. The van der Waals surface area contributed by atoms with Crippen LogP contribution >= 0.6 is 11.3 Å². The predicted octanol–water partition coefficient (Wildman–Crippen LogP) is 5.13. The first kappa shape index (κ1) is 16.8. The number of nitrogens with zero attached hydrogens (tertiary/aromatic N) is 1. The van der Waals surface area contributed by atoms with Gasteiger partial charge in [-0.3, -0.25) is 4.79 Å². The van der Waals surface area contributed by atoms with Gasteiger partial charge >= 0.3 is 0 Å². The average molecular weight is 355 g/mol. The third-order valence-corrected chi connectivity index (χ3v) is 6.53. The van der Waals surface area contributed by atoms with Crippen LogP contribution in [0.3, 0.4) is 0 Å². The summed E-state index contributed by atoms with van der Waals surface area (Å²) in [7, 11) is 0. The van der Waals surface area contributed by atoms with Crippen molar-refractivity contribution in [1.82, 2.24) is 4.98 Å². The zero-order chi connectivity index (χ0) is 17.1. The molecule has 0 spiro atoms. The Labute approximate surface area is 153 Å². The van der Waals surface area contributed by atoms with Crippen molar-refractivity contribution in [2.45, 2.75) is 64.2 Å². The lowest BCUT2D eigenvalue weighted by Gasteiger charge is -2.19. The highest BCUT2D eigenvalue weighted by molar-refractivity contribution is 7.15. The maximum atomic E-state index is 12.4. The van der Waals surface area contributed by atoms with Crippen molar-refractivity contribution in [2.75, 3.05) is 5.32 Å². The minimum atomic E-state index is 0.165. The van der Waals surface area contributed by atoms with Crippen LogP contribution in [-0.2, 0) is 24.1 Å². The highest BCUT2D eigenvalue weighted by atomic mass is 32.1. The SMILES string of the molecule is O=C(Nc1ncc(Cc2cccc3c2CCCC3)s1)C1CCCCC1. The van der Waals surface area contributed by atoms with Crippen molar-refractivity contribution < 1.29 is 4.79 Å². The minimum absolute atomic E-state index is 0.165. The molecule has 1 fully saturated rings. The van der Waals surface area contributed by atoms with Gasteiger partial charge in [0.25, 0.3) is 0 Å². The predicted molar refractivity (Wildman–Crippen MR) is 103 cm³/mol. The molecule has 0 aliphatic heterocycles. The van der Waals surface area contributed by atoms with Crippen LogP contribution in [0.1, 0.15) is 66.5 Å². The maximum Gasteiger partial charge on any atom is 0.229 e. The third-order valence-electron chi connectivity index (χ3n) is 5.62. The first-order valence-electron chi connectivity index (χ1n) is 9.65. The number of carbonyl (C=O) groups is 1. The molecule has 2 aromatic rings. The van der Waals surface area contributed by atoms with Gasteiger partial charge in [0.1, 0.15) is 0 Å². The summed E-state index contributed by atoms with van der Waals surface area (Å²) >= 11 is 1.63. The zero-order valence-electron chi connectivity index (χ0n) is 14.7. The molecule has 1 saturated carbocycles. The van der Waals surface area contributed by atoms with Gasteiger partial charge in [-0.2, -0.15) is 0 Å². The summed E-state index contributed by atoms with van der Waals surface area (Å²) in [5.41, 5.74) is 4.51. The van der Waals surface area contributed by atoms with Crippen LogP contribution in [0.25, 0.3) is 0 Å². The number of benzene rings is 1. The minimum Gasteiger partial charge on any atom is -0.302 e. The lowest BCUT2D eigenvalue weighted by Crippen LogP contribution is -2.24. The number of amides is 1. The van der Waals surface area contributed by atoms with E-state index in [0.29, 0.717) is 0 Å². The fourth-order valence-electron chi connectivity index (χ4n) is 4.23. The van der Waals surface area contributed by atoms with E-state index in [0.717, 1.165) is 24.4 Å². The molecule has 0 unspecified atom stereocenters. The van der Waals surface area contributed by atoms with E-state index < -0.39 is 0 Å². The molecule has 4 rings (SSSR count). The first-order valence-corrected chi connectivity index (χ1v) is 10.5. The topological polar surface area (TPSA) is 42.0 Å². The van der Waals surface area contributed by atoms with E-state index in [1.807, 2.05) is 6.20 Å². The van der Waals surface area contributed by atoms with Crippen molar-refractivity contribution in [3.05, 3.63) is 46.0 Å². The van der Waals surface area contributed by atoms with Gasteiger partial charge < -0.3 is 5.32 Å². The van der Waals surface area contributed by atoms with Crippen molar-refractivity contribution >= 4 is 22.4 Å². The number of fused-ring (bicyclic) bond motifs is 1. The van der Waals surface area contributed by atoms with Crippen LogP contribution < -0.4 is 5.32 Å². The highest BCUT2D eigenvalue weighted by Gasteiger charge is 2.22. The second-order valence-electron chi connectivity index (χ2n) is 7.39. The van der Waals surface area contributed by atoms with Crippen molar-refractivity contribution in [1.29, 1.82) is 0 Å². The molecule has 1 aromatic carbocycles. The lowest BCUT2D eigenvalue weighted by molar-refractivity contribution is -0.120. The number of thiazole rings is 1. The van der Waals surface area contributed by atoms with Crippen molar-refractivity contribution in [3.63, 3.8) is 0 Å². The number of carbonyl (C=O) groups excluding carboxylic acids is 1. The number of hydrogen-bond donors (Lipinski definition) is 1. The van der Waals surface area contributed by atoms with E-state index in [2.05, 4.69) is 28.5 Å². The number of rotatable bonds is 4. The van der Waals surface area contributed by atoms with Gasteiger partial charge in [0.15, 0.2) is 5.13 Å². The van der Waals surface area contributed by atoms with Crippen LogP contribution in [0.15, 0.2) is 24.4 Å². The molecule has 1 N–H and O–H groups in total. The van der Waals surface area contributed by atoms with E-state index in [1.54, 1.807) is 16.9 Å². The largest absolute Gasteiger partial charge is 0.302 e. The van der Waals surface area contributed by atoms with Gasteiger partial charge in [-0.05, 0) is 55.2 Å². The second-order valence-corrected chi connectivity index (χ2v) is 8.51. The number of aromatic nitrogens is 1. The van der Waals surface area contributed by atoms with E-state index in [1.165, 1.54) is 60.9 Å². The number of hydrogen-bond acceptors (Lipinski definition) is 3. The number of aryl methyl sites for hydroxylation is 1. The Bertz CT molecular complexity index is 746. The molecule has 1 aromatic heterocycles. The summed E-state index contributed by atoms with van der Waals surface area (Å²) in [6.45, 7) is 0. The van der Waals surface area contributed by atoms with Gasteiger partial charge in [-0.25, -0.2) is 4.98 Å². The molecular weight excluding hydrogens is 328 g/mol. The summed E-state index contributed by atoms with van der Waals surface area (Å²) in [5, 5.41) is 3.81. The summed E-state index contributed by atoms with van der Waals surface area (Å²) in [6.07, 6.45) is 13.6. The Morgan fingerprint density at radius 2 is 1.96 bits per heavy atom. The Balaban J connectivity index is 1.42. The molecule has 0 atom stereocenters. The summed E-state index contributed by atoms with van der Waals surface area (Å²) in [4.78, 5) is 18.1. The molecule has 0 radical (unpaired) electrons. The number of anilines is 1. The second kappa shape index (κ2) is 7.69. The molecule has 4 heteroatoms. The smallest absolute Gasteiger partial charge is 0.229 e. The molecule has 132 valence electrons. The van der Waals surface area contributed by atoms with E-state index in [9.17, 15) is 4.79 Å². The molecule has 2 aliphatic carbocycles. The van der Waals surface area contributed by atoms with Gasteiger partial charge in [-0.1, -0.05) is 37.5 Å². The van der Waals surface area contributed by atoms with E-state index >= 15 is 0 Å². The Morgan fingerprint density at radius 1 is 1.12 bits per heavy atom. The Morgan fingerprint density at radius 3 is 2.84 bits per heavy atom. The monoisotopic (exact) mass is 354 g/mol. The standard InChI is InChI=1S/C21H26N2OS/c24-20(16-8-2-1-3-9-16)23-21-22-14-18(25-21)13-17-11-6-10-15-7-4-5-12-19(15)17/h6,10-11,14,16H,1-5,7-9,12-13H2,(H,22,23,24). The van der Waals surface area contributed by atoms with Crippen LogP contribution in [0.5, 0.6) is 0 Å². The van der Waals surface area contributed by atoms with Crippen molar-refractivity contribution in [3.8, 4) is 0 Å². The molecular formula is C21H26N2OS. The summed E-state index contributed by atoms with van der Waals surface area (Å²) < 4.78 is 0. The molecule has 2 aliphatic rings. The summed E-state index contributed by atoms with van der Waals surface area (Å²) in [5.74, 6) is 0.347. The van der Waals surface area contributed by atoms with E-state index in [4.69, 9.17) is 0 Å². The highest BCUT2D eigenvalue weighted by Crippen LogP contribution is 2.29. The third kappa shape index (κ3) is 3.95. The van der Waals surface area contributed by atoms with Gasteiger partial charge in [0, 0.05) is 23.4 Å². The van der Waals surface area contributed by atoms with Crippen LogP contribution in [0, 0.1) is 5.92 Å². The quantitative estimate of drug-likeness (QED) is 0.827. The van der Waals surface area contributed by atoms with Gasteiger partial charge in [0.05, 0.1) is 0 Å². The van der Waals surface area contributed by atoms with Gasteiger partial charge in [-0.15, -0.1) is 11.3 Å².